The average molecular weight is 228 g/mol. The van der Waals surface area contributed by atoms with E-state index in [9.17, 15) is 9.50 Å². The lowest BCUT2D eigenvalue weighted by atomic mass is 10.1. The highest BCUT2D eigenvalue weighted by atomic mass is 19.1. The molecule has 0 heterocycles. The maximum Gasteiger partial charge on any atom is 0.125 e. The maximum atomic E-state index is 13.0. The van der Waals surface area contributed by atoms with Crippen molar-refractivity contribution in [3.8, 4) is 5.75 Å². The molecule has 0 spiro atoms. The first-order valence-corrected chi connectivity index (χ1v) is 5.33. The number of ether oxygens (including phenoxy) is 2. The zero-order chi connectivity index (χ0) is 12.0. The summed E-state index contributed by atoms with van der Waals surface area (Å²) >= 11 is 0. The number of aliphatic hydroxyl groups excluding tert-OH is 1. The van der Waals surface area contributed by atoms with E-state index in [1.165, 1.54) is 18.2 Å². The largest absolute Gasteiger partial charge is 0.491 e. The third-order valence-electron chi connectivity index (χ3n) is 2.11. The van der Waals surface area contributed by atoms with Gasteiger partial charge < -0.3 is 14.6 Å². The Balaban J connectivity index is 2.64. The van der Waals surface area contributed by atoms with E-state index in [2.05, 4.69) is 0 Å². The molecule has 0 aliphatic heterocycles. The molecule has 0 fully saturated rings. The minimum Gasteiger partial charge on any atom is -0.491 e. The van der Waals surface area contributed by atoms with E-state index in [1.807, 2.05) is 6.92 Å². The SMILES string of the molecule is CCOCCOc1ccc(F)cc1C(C)O. The van der Waals surface area contributed by atoms with Crippen LogP contribution in [-0.2, 0) is 4.74 Å². The molecule has 90 valence electrons. The monoisotopic (exact) mass is 228 g/mol. The van der Waals surface area contributed by atoms with Crippen LogP contribution < -0.4 is 4.74 Å². The fraction of sp³-hybridized carbons (Fsp3) is 0.500. The standard InChI is InChI=1S/C12H17FO3/c1-3-15-6-7-16-12-5-4-10(13)8-11(12)9(2)14/h4-5,8-9,14H,3,6-7H2,1-2H3. The van der Waals surface area contributed by atoms with E-state index < -0.39 is 6.10 Å². The molecule has 0 saturated carbocycles. The van der Waals surface area contributed by atoms with Crippen molar-refractivity contribution in [3.63, 3.8) is 0 Å². The molecule has 16 heavy (non-hydrogen) atoms. The van der Waals surface area contributed by atoms with Gasteiger partial charge in [-0.1, -0.05) is 0 Å². The van der Waals surface area contributed by atoms with Crippen molar-refractivity contribution in [2.45, 2.75) is 20.0 Å². The van der Waals surface area contributed by atoms with Gasteiger partial charge in [0, 0.05) is 12.2 Å². The number of rotatable bonds is 6. The summed E-state index contributed by atoms with van der Waals surface area (Å²) < 4.78 is 23.5. The molecule has 3 nitrogen and oxygen atoms in total. The molecule has 0 bridgehead atoms. The van der Waals surface area contributed by atoms with Crippen LogP contribution >= 0.6 is 0 Å². The van der Waals surface area contributed by atoms with Gasteiger partial charge in [-0.15, -0.1) is 0 Å². The highest BCUT2D eigenvalue weighted by Gasteiger charge is 2.10. The first kappa shape index (κ1) is 12.9. The van der Waals surface area contributed by atoms with Crippen molar-refractivity contribution in [1.82, 2.24) is 0 Å². The third-order valence-corrected chi connectivity index (χ3v) is 2.11. The summed E-state index contributed by atoms with van der Waals surface area (Å²) in [6.45, 7) is 4.98. The summed E-state index contributed by atoms with van der Waals surface area (Å²) in [6, 6.07) is 4.10. The lowest BCUT2D eigenvalue weighted by molar-refractivity contribution is 0.107. The molecule has 1 aromatic rings. The van der Waals surface area contributed by atoms with E-state index in [0.717, 1.165) is 0 Å². The first-order chi connectivity index (χ1) is 7.65. The van der Waals surface area contributed by atoms with Crippen molar-refractivity contribution >= 4 is 0 Å². The second-order valence-electron chi connectivity index (χ2n) is 3.40. The molecule has 0 aromatic heterocycles. The van der Waals surface area contributed by atoms with Gasteiger partial charge in [0.05, 0.1) is 12.7 Å². The zero-order valence-corrected chi connectivity index (χ0v) is 9.57. The van der Waals surface area contributed by atoms with Gasteiger partial charge in [0.1, 0.15) is 18.2 Å². The van der Waals surface area contributed by atoms with Crippen LogP contribution in [0, 0.1) is 5.82 Å². The number of hydrogen-bond donors (Lipinski definition) is 1. The van der Waals surface area contributed by atoms with Gasteiger partial charge in [0.2, 0.25) is 0 Å². The Labute approximate surface area is 94.8 Å². The van der Waals surface area contributed by atoms with Crippen molar-refractivity contribution in [2.75, 3.05) is 19.8 Å². The summed E-state index contributed by atoms with van der Waals surface area (Å²) in [4.78, 5) is 0. The van der Waals surface area contributed by atoms with E-state index in [1.54, 1.807) is 6.92 Å². The lowest BCUT2D eigenvalue weighted by Crippen LogP contribution is -2.08. The molecule has 1 rings (SSSR count). The van der Waals surface area contributed by atoms with Crippen LogP contribution in [0.4, 0.5) is 4.39 Å². The Morgan fingerprint density at radius 2 is 2.12 bits per heavy atom. The van der Waals surface area contributed by atoms with Gasteiger partial charge >= 0.3 is 0 Å². The fourth-order valence-electron chi connectivity index (χ4n) is 1.33. The number of benzene rings is 1. The van der Waals surface area contributed by atoms with Gasteiger partial charge in [-0.25, -0.2) is 4.39 Å². The smallest absolute Gasteiger partial charge is 0.125 e. The van der Waals surface area contributed by atoms with Crippen molar-refractivity contribution < 1.29 is 19.0 Å². The second-order valence-corrected chi connectivity index (χ2v) is 3.40. The van der Waals surface area contributed by atoms with Crippen LogP contribution in [-0.4, -0.2) is 24.9 Å². The van der Waals surface area contributed by atoms with Crippen molar-refractivity contribution in [1.29, 1.82) is 0 Å². The first-order valence-electron chi connectivity index (χ1n) is 5.33. The number of hydrogen-bond acceptors (Lipinski definition) is 3. The average Bonchev–Trinajstić information content (AvgIpc) is 2.26. The van der Waals surface area contributed by atoms with Crippen LogP contribution in [0.15, 0.2) is 18.2 Å². The lowest BCUT2D eigenvalue weighted by Gasteiger charge is -2.13. The van der Waals surface area contributed by atoms with Crippen LogP contribution in [0.1, 0.15) is 25.5 Å². The van der Waals surface area contributed by atoms with Gasteiger partial charge in [-0.2, -0.15) is 0 Å². The minimum atomic E-state index is -0.752. The quantitative estimate of drug-likeness (QED) is 0.759. The molecule has 0 radical (unpaired) electrons. The topological polar surface area (TPSA) is 38.7 Å². The van der Waals surface area contributed by atoms with Gasteiger partial charge in [0.25, 0.3) is 0 Å². The highest BCUT2D eigenvalue weighted by Crippen LogP contribution is 2.25. The molecular weight excluding hydrogens is 211 g/mol. The molecule has 1 aromatic carbocycles. The zero-order valence-electron chi connectivity index (χ0n) is 9.57. The molecule has 1 N–H and O–H groups in total. The van der Waals surface area contributed by atoms with Crippen LogP contribution in [0.3, 0.4) is 0 Å². The maximum absolute atomic E-state index is 13.0. The Morgan fingerprint density at radius 3 is 2.75 bits per heavy atom. The van der Waals surface area contributed by atoms with Crippen LogP contribution in [0.25, 0.3) is 0 Å². The van der Waals surface area contributed by atoms with E-state index in [-0.39, 0.29) is 5.82 Å². The van der Waals surface area contributed by atoms with Crippen molar-refractivity contribution in [2.24, 2.45) is 0 Å². The van der Waals surface area contributed by atoms with Crippen LogP contribution in [0.5, 0.6) is 5.75 Å². The Hall–Kier alpha value is -1.13. The van der Waals surface area contributed by atoms with Gasteiger partial charge in [-0.3, -0.25) is 0 Å². The molecule has 0 saturated heterocycles. The predicted octanol–water partition coefficient (Wildman–Crippen LogP) is 2.29. The Kier molecular flexibility index (Phi) is 5.22. The van der Waals surface area contributed by atoms with Gasteiger partial charge in [-0.05, 0) is 32.0 Å². The summed E-state index contributed by atoms with van der Waals surface area (Å²) in [5, 5.41) is 9.45. The Morgan fingerprint density at radius 1 is 1.38 bits per heavy atom. The third kappa shape index (κ3) is 3.79. The molecule has 1 atom stereocenters. The minimum absolute atomic E-state index is 0.381. The molecule has 0 aliphatic carbocycles. The summed E-state index contributed by atoms with van der Waals surface area (Å²) in [7, 11) is 0. The van der Waals surface area contributed by atoms with Crippen molar-refractivity contribution in [3.05, 3.63) is 29.6 Å². The fourth-order valence-corrected chi connectivity index (χ4v) is 1.33. The predicted molar refractivity (Wildman–Crippen MR) is 59.0 cm³/mol. The van der Waals surface area contributed by atoms with E-state index >= 15 is 0 Å². The molecule has 4 heteroatoms. The van der Waals surface area contributed by atoms with Gasteiger partial charge in [0.15, 0.2) is 0 Å². The highest BCUT2D eigenvalue weighted by molar-refractivity contribution is 5.35. The second kappa shape index (κ2) is 6.45. The van der Waals surface area contributed by atoms with Crippen LogP contribution in [0.2, 0.25) is 0 Å². The summed E-state index contributed by atoms with van der Waals surface area (Å²) in [5.41, 5.74) is 0.455. The summed E-state index contributed by atoms with van der Waals surface area (Å²) in [5.74, 6) is 0.115. The normalized spacial score (nSPS) is 12.5. The Bertz CT molecular complexity index is 326. The molecule has 0 amide bonds. The number of halogens is 1. The van der Waals surface area contributed by atoms with E-state index in [4.69, 9.17) is 9.47 Å². The number of aliphatic hydroxyl groups is 1. The molecular formula is C12H17FO3. The summed E-state index contributed by atoms with van der Waals surface area (Å²) in [6.07, 6.45) is -0.752. The van der Waals surface area contributed by atoms with E-state index in [0.29, 0.717) is 31.1 Å². The molecule has 1 unspecified atom stereocenters. The molecule has 0 aliphatic rings.